The normalized spacial score (nSPS) is 24.7. The number of imidazole rings is 1. The Balaban J connectivity index is 2.48. The van der Waals surface area contributed by atoms with Crippen LogP contribution in [0.25, 0.3) is 0 Å². The first-order valence-electron chi connectivity index (χ1n) is 9.29. The maximum atomic E-state index is 11.8. The van der Waals surface area contributed by atoms with Crippen molar-refractivity contribution in [2.45, 2.75) is 58.4 Å². The standard InChI is InChI=1S/C18H23N3O11/c1-7(22)27-5-11-13(28-8(2)23)14(29-9(3)24)15(30-10(4)25)18(31-11)32-17-12(16(19)26)20-6-21-17/h6,11,13-15,18H,5H2,1-4H3,(H2,19,26)(H,20,21)/t11-,13-,14+,15+,18+/m1/s1. The number of amides is 1. The van der Waals surface area contributed by atoms with E-state index in [0.717, 1.165) is 34.0 Å². The fourth-order valence-corrected chi connectivity index (χ4v) is 2.94. The van der Waals surface area contributed by atoms with Gasteiger partial charge in [-0.3, -0.25) is 24.0 Å². The fraction of sp³-hybridized carbons (Fsp3) is 0.556. The topological polar surface area (TPSA) is 195 Å². The van der Waals surface area contributed by atoms with Crippen molar-refractivity contribution in [2.24, 2.45) is 5.73 Å². The number of aromatic amines is 1. The molecule has 1 aliphatic rings. The van der Waals surface area contributed by atoms with Gasteiger partial charge in [0, 0.05) is 27.7 Å². The van der Waals surface area contributed by atoms with Gasteiger partial charge in [0.15, 0.2) is 17.9 Å². The van der Waals surface area contributed by atoms with Crippen LogP contribution in [0.15, 0.2) is 6.33 Å². The lowest BCUT2D eigenvalue weighted by molar-refractivity contribution is -0.289. The molecule has 0 aromatic carbocycles. The molecular weight excluding hydrogens is 434 g/mol. The molecule has 3 N–H and O–H groups in total. The summed E-state index contributed by atoms with van der Waals surface area (Å²) in [5.74, 6) is -4.23. The van der Waals surface area contributed by atoms with Crippen LogP contribution >= 0.6 is 0 Å². The highest BCUT2D eigenvalue weighted by molar-refractivity contribution is 5.93. The zero-order chi connectivity index (χ0) is 24.0. The van der Waals surface area contributed by atoms with E-state index in [1.165, 1.54) is 0 Å². The summed E-state index contributed by atoms with van der Waals surface area (Å²) in [5, 5.41) is 0. The lowest BCUT2D eigenvalue weighted by Gasteiger charge is -2.43. The van der Waals surface area contributed by atoms with Gasteiger partial charge in [-0.2, -0.15) is 0 Å². The number of ether oxygens (including phenoxy) is 6. The Morgan fingerprint density at radius 3 is 2.03 bits per heavy atom. The van der Waals surface area contributed by atoms with Crippen LogP contribution in [0.1, 0.15) is 38.2 Å². The Morgan fingerprint density at radius 2 is 1.50 bits per heavy atom. The highest BCUT2D eigenvalue weighted by Crippen LogP contribution is 2.31. The van der Waals surface area contributed by atoms with Crippen LogP contribution in [-0.4, -0.2) is 77.1 Å². The molecule has 1 aromatic rings. The summed E-state index contributed by atoms with van der Waals surface area (Å²) in [6.07, 6.45) is -5.84. The number of primary amides is 1. The van der Waals surface area contributed by atoms with Crippen LogP contribution in [-0.2, 0) is 42.9 Å². The van der Waals surface area contributed by atoms with Crippen LogP contribution in [0.3, 0.4) is 0 Å². The van der Waals surface area contributed by atoms with Gasteiger partial charge in [-0.05, 0) is 0 Å². The number of carbonyl (C=O) groups excluding carboxylic acids is 5. The van der Waals surface area contributed by atoms with Crippen molar-refractivity contribution in [1.82, 2.24) is 9.97 Å². The quantitative estimate of drug-likeness (QED) is 0.356. The van der Waals surface area contributed by atoms with Crippen molar-refractivity contribution < 1.29 is 52.4 Å². The van der Waals surface area contributed by atoms with Gasteiger partial charge < -0.3 is 39.1 Å². The monoisotopic (exact) mass is 457 g/mol. The van der Waals surface area contributed by atoms with Gasteiger partial charge in [0.1, 0.15) is 12.7 Å². The highest BCUT2D eigenvalue weighted by atomic mass is 16.7. The number of nitrogens with two attached hydrogens (primary N) is 1. The van der Waals surface area contributed by atoms with E-state index in [1.54, 1.807) is 0 Å². The number of hydrogen-bond donors (Lipinski definition) is 2. The molecule has 1 aliphatic heterocycles. The summed E-state index contributed by atoms with van der Waals surface area (Å²) in [6.45, 7) is 3.98. The zero-order valence-electron chi connectivity index (χ0n) is 17.7. The highest BCUT2D eigenvalue weighted by Gasteiger charge is 2.53. The first kappa shape index (κ1) is 24.6. The molecule has 1 aromatic heterocycles. The minimum atomic E-state index is -1.53. The summed E-state index contributed by atoms with van der Waals surface area (Å²) in [6, 6.07) is 0. The summed E-state index contributed by atoms with van der Waals surface area (Å²) in [4.78, 5) is 64.4. The van der Waals surface area contributed by atoms with E-state index < -0.39 is 67.1 Å². The number of carbonyl (C=O) groups is 5. The smallest absolute Gasteiger partial charge is 0.303 e. The molecule has 0 unspecified atom stereocenters. The van der Waals surface area contributed by atoms with Crippen LogP contribution in [0.5, 0.6) is 5.88 Å². The molecule has 176 valence electrons. The third-order valence-electron chi connectivity index (χ3n) is 4.03. The van der Waals surface area contributed by atoms with Crippen LogP contribution < -0.4 is 10.5 Å². The molecule has 1 saturated heterocycles. The largest absolute Gasteiger partial charge is 0.463 e. The molecule has 5 atom stereocenters. The number of H-pyrrole nitrogens is 1. The van der Waals surface area contributed by atoms with Gasteiger partial charge in [0.25, 0.3) is 5.91 Å². The van der Waals surface area contributed by atoms with Gasteiger partial charge in [-0.1, -0.05) is 0 Å². The van der Waals surface area contributed by atoms with Crippen LogP contribution in [0, 0.1) is 0 Å². The first-order valence-corrected chi connectivity index (χ1v) is 9.29. The van der Waals surface area contributed by atoms with Crippen LogP contribution in [0.2, 0.25) is 0 Å². The second kappa shape index (κ2) is 10.6. The predicted octanol–water partition coefficient (Wildman–Crippen LogP) is -1.03. The first-order chi connectivity index (χ1) is 15.0. The maximum Gasteiger partial charge on any atom is 0.303 e. The van der Waals surface area contributed by atoms with Crippen molar-refractivity contribution in [3.63, 3.8) is 0 Å². The van der Waals surface area contributed by atoms with Crippen molar-refractivity contribution in [1.29, 1.82) is 0 Å². The van der Waals surface area contributed by atoms with Gasteiger partial charge in [0.05, 0.1) is 6.33 Å². The number of hydrogen-bond acceptors (Lipinski definition) is 12. The summed E-state index contributed by atoms with van der Waals surface area (Å²) < 4.78 is 32.0. The molecule has 2 rings (SSSR count). The molecule has 0 saturated carbocycles. The number of esters is 4. The lowest BCUT2D eigenvalue weighted by atomic mass is 9.98. The Kier molecular flexibility index (Phi) is 8.12. The molecule has 0 spiro atoms. The SMILES string of the molecule is CC(=O)OC[C@H]1O[C@@H](Oc2nc[nH]c2C(N)=O)[C@@H](OC(C)=O)[C@@H](OC(C)=O)[C@@H]1OC(C)=O. The molecular formula is C18H23N3O11. The van der Waals surface area contributed by atoms with E-state index in [-0.39, 0.29) is 11.6 Å². The van der Waals surface area contributed by atoms with E-state index in [9.17, 15) is 24.0 Å². The number of rotatable bonds is 8. The van der Waals surface area contributed by atoms with Gasteiger partial charge >= 0.3 is 23.9 Å². The van der Waals surface area contributed by atoms with E-state index >= 15 is 0 Å². The summed E-state index contributed by atoms with van der Waals surface area (Å²) in [5.41, 5.74) is 5.05. The molecule has 0 aliphatic carbocycles. The van der Waals surface area contributed by atoms with E-state index in [4.69, 9.17) is 34.2 Å². The molecule has 2 heterocycles. The minimum Gasteiger partial charge on any atom is -0.463 e. The molecule has 14 heteroatoms. The Hall–Kier alpha value is -3.68. The van der Waals surface area contributed by atoms with Gasteiger partial charge in [-0.15, -0.1) is 0 Å². The number of nitrogens with zero attached hydrogens (tertiary/aromatic N) is 1. The van der Waals surface area contributed by atoms with Gasteiger partial charge in [-0.25, -0.2) is 4.98 Å². The molecule has 1 fully saturated rings. The van der Waals surface area contributed by atoms with Crippen molar-refractivity contribution in [3.8, 4) is 5.88 Å². The van der Waals surface area contributed by atoms with E-state index in [2.05, 4.69) is 9.97 Å². The fourth-order valence-electron chi connectivity index (χ4n) is 2.94. The Labute approximate surface area is 181 Å². The molecule has 0 radical (unpaired) electrons. The van der Waals surface area contributed by atoms with Crippen LogP contribution in [0.4, 0.5) is 0 Å². The van der Waals surface area contributed by atoms with Crippen molar-refractivity contribution >= 4 is 29.8 Å². The number of nitrogens with one attached hydrogen (secondary N) is 1. The summed E-state index contributed by atoms with van der Waals surface area (Å²) in [7, 11) is 0. The maximum absolute atomic E-state index is 11.8. The third kappa shape index (κ3) is 6.41. The summed E-state index contributed by atoms with van der Waals surface area (Å²) >= 11 is 0. The molecule has 32 heavy (non-hydrogen) atoms. The zero-order valence-corrected chi connectivity index (χ0v) is 17.7. The molecule has 0 bridgehead atoms. The lowest BCUT2D eigenvalue weighted by Crippen LogP contribution is -2.63. The average Bonchev–Trinajstić information content (AvgIpc) is 3.12. The van der Waals surface area contributed by atoms with Crippen molar-refractivity contribution in [3.05, 3.63) is 12.0 Å². The second-order valence-electron chi connectivity index (χ2n) is 6.63. The third-order valence-corrected chi connectivity index (χ3v) is 4.03. The predicted molar refractivity (Wildman–Crippen MR) is 99.7 cm³/mol. The average molecular weight is 457 g/mol. The Morgan fingerprint density at radius 1 is 0.938 bits per heavy atom. The van der Waals surface area contributed by atoms with E-state index in [1.807, 2.05) is 0 Å². The Bertz CT molecular complexity index is 883. The van der Waals surface area contributed by atoms with Crippen molar-refractivity contribution in [2.75, 3.05) is 6.61 Å². The number of aromatic nitrogens is 2. The molecule has 14 nitrogen and oxygen atoms in total. The minimum absolute atomic E-state index is 0.210. The van der Waals surface area contributed by atoms with Gasteiger partial charge in [0.2, 0.25) is 18.3 Å². The molecule has 1 amide bonds. The second-order valence-corrected chi connectivity index (χ2v) is 6.63. The van der Waals surface area contributed by atoms with E-state index in [0.29, 0.717) is 0 Å².